The summed E-state index contributed by atoms with van der Waals surface area (Å²) < 4.78 is 0. The van der Waals surface area contributed by atoms with E-state index in [1.54, 1.807) is 0 Å². The maximum atomic E-state index is 12.4. The topological polar surface area (TPSA) is 76.8 Å². The smallest absolute Gasteiger partial charge is 0.251 e. The molecule has 0 atom stereocenters. The molecule has 4 rings (SSSR count). The van der Waals surface area contributed by atoms with E-state index in [0.717, 1.165) is 53.7 Å². The van der Waals surface area contributed by atoms with E-state index in [0.29, 0.717) is 6.54 Å². The predicted octanol–water partition coefficient (Wildman–Crippen LogP) is 2.34. The summed E-state index contributed by atoms with van der Waals surface area (Å²) in [6.45, 7) is 1.66. The van der Waals surface area contributed by atoms with Crippen molar-refractivity contribution in [1.82, 2.24) is 25.4 Å². The Morgan fingerprint density at radius 3 is 3.00 bits per heavy atom. The number of carbonyl (C=O) groups excluding carboxylic acids is 1. The lowest BCUT2D eigenvalue weighted by atomic mass is 9.93. The van der Waals surface area contributed by atoms with Gasteiger partial charge in [0.1, 0.15) is 0 Å². The van der Waals surface area contributed by atoms with Crippen LogP contribution in [0, 0.1) is 0 Å². The number of hydrogen-bond acceptors (Lipinski definition) is 3. The number of aromatic amines is 2. The molecule has 1 aliphatic carbocycles. The summed E-state index contributed by atoms with van der Waals surface area (Å²) in [7, 11) is 4.08. The molecule has 0 unspecified atom stereocenters. The largest absolute Gasteiger partial charge is 0.353 e. The average Bonchev–Trinajstić information content (AvgIpc) is 3.21. The first-order chi connectivity index (χ1) is 12.1. The Bertz CT molecular complexity index is 921. The van der Waals surface area contributed by atoms with Crippen molar-refractivity contribution >= 4 is 16.8 Å². The summed E-state index contributed by atoms with van der Waals surface area (Å²) in [5.74, 6) is -0.00588. The number of nitrogens with one attached hydrogen (secondary N) is 3. The molecule has 3 N–H and O–H groups in total. The Morgan fingerprint density at radius 1 is 1.28 bits per heavy atom. The zero-order valence-electron chi connectivity index (χ0n) is 14.6. The molecule has 1 amide bonds. The Morgan fingerprint density at radius 2 is 2.16 bits per heavy atom. The highest BCUT2D eigenvalue weighted by atomic mass is 16.1. The van der Waals surface area contributed by atoms with Crippen LogP contribution in [0.1, 0.15) is 27.9 Å². The number of benzene rings is 1. The zero-order valence-corrected chi connectivity index (χ0v) is 14.6. The molecule has 25 heavy (non-hydrogen) atoms. The second-order valence-corrected chi connectivity index (χ2v) is 6.92. The minimum Gasteiger partial charge on any atom is -0.353 e. The van der Waals surface area contributed by atoms with Gasteiger partial charge in [-0.2, -0.15) is 5.10 Å². The predicted molar refractivity (Wildman–Crippen MR) is 98.8 cm³/mol. The maximum absolute atomic E-state index is 12.4. The monoisotopic (exact) mass is 337 g/mol. The van der Waals surface area contributed by atoms with Crippen LogP contribution in [0.3, 0.4) is 0 Å². The van der Waals surface area contributed by atoms with E-state index in [1.807, 2.05) is 38.5 Å². The van der Waals surface area contributed by atoms with Gasteiger partial charge < -0.3 is 15.2 Å². The van der Waals surface area contributed by atoms with E-state index in [1.165, 1.54) is 11.1 Å². The number of aryl methyl sites for hydroxylation is 2. The molecule has 0 aliphatic heterocycles. The van der Waals surface area contributed by atoms with Crippen LogP contribution in [0.15, 0.2) is 24.4 Å². The second kappa shape index (κ2) is 6.37. The standard InChI is InChI=1S/C19H23N5O/c1-24(2)9-3-8-20-19(25)12-5-7-16-15(10-12)14-6-4-13-11-21-23-17(13)18(14)22-16/h5,7,10-11,22H,3-4,6,8-9H2,1-2H3,(H,20,25)(H,21,23). The number of aromatic nitrogens is 3. The van der Waals surface area contributed by atoms with Crippen molar-refractivity contribution in [3.8, 4) is 11.4 Å². The highest BCUT2D eigenvalue weighted by molar-refractivity contribution is 6.00. The molecule has 3 aromatic rings. The third kappa shape index (κ3) is 2.93. The molecule has 1 aromatic carbocycles. The first-order valence-corrected chi connectivity index (χ1v) is 8.73. The van der Waals surface area contributed by atoms with Gasteiger partial charge in [0.15, 0.2) is 0 Å². The van der Waals surface area contributed by atoms with Crippen molar-refractivity contribution in [1.29, 1.82) is 0 Å². The van der Waals surface area contributed by atoms with Crippen molar-refractivity contribution in [3.05, 3.63) is 41.1 Å². The van der Waals surface area contributed by atoms with Crippen molar-refractivity contribution in [2.24, 2.45) is 0 Å². The molecule has 0 fully saturated rings. The minimum absolute atomic E-state index is 0.00588. The van der Waals surface area contributed by atoms with E-state index in [9.17, 15) is 4.79 Å². The highest BCUT2D eigenvalue weighted by Gasteiger charge is 2.22. The Hall–Kier alpha value is -2.60. The summed E-state index contributed by atoms with van der Waals surface area (Å²) in [6.07, 6.45) is 4.79. The zero-order chi connectivity index (χ0) is 17.4. The van der Waals surface area contributed by atoms with Gasteiger partial charge in [-0.3, -0.25) is 9.89 Å². The van der Waals surface area contributed by atoms with Crippen molar-refractivity contribution < 1.29 is 4.79 Å². The molecule has 0 saturated heterocycles. The van der Waals surface area contributed by atoms with Crippen LogP contribution in [-0.4, -0.2) is 53.2 Å². The lowest BCUT2D eigenvalue weighted by molar-refractivity contribution is 0.0952. The molecule has 0 saturated carbocycles. The van der Waals surface area contributed by atoms with Gasteiger partial charge in [0.25, 0.3) is 5.91 Å². The second-order valence-electron chi connectivity index (χ2n) is 6.92. The number of amides is 1. The van der Waals surface area contributed by atoms with Gasteiger partial charge in [0.2, 0.25) is 0 Å². The number of H-pyrrole nitrogens is 2. The molecule has 0 radical (unpaired) electrons. The fraction of sp³-hybridized carbons (Fsp3) is 0.368. The van der Waals surface area contributed by atoms with E-state index in [-0.39, 0.29) is 5.91 Å². The summed E-state index contributed by atoms with van der Waals surface area (Å²) in [4.78, 5) is 18.0. The molecular weight excluding hydrogens is 314 g/mol. The maximum Gasteiger partial charge on any atom is 0.251 e. The lowest BCUT2D eigenvalue weighted by Crippen LogP contribution is -2.27. The molecule has 6 heteroatoms. The van der Waals surface area contributed by atoms with Gasteiger partial charge in [-0.05, 0) is 69.2 Å². The first-order valence-electron chi connectivity index (χ1n) is 8.73. The molecular formula is C19H23N5O. The van der Waals surface area contributed by atoms with Gasteiger partial charge >= 0.3 is 0 Å². The van der Waals surface area contributed by atoms with Gasteiger partial charge in [-0.25, -0.2) is 0 Å². The van der Waals surface area contributed by atoms with Gasteiger partial charge in [-0.15, -0.1) is 0 Å². The average molecular weight is 337 g/mol. The Balaban J connectivity index is 1.58. The van der Waals surface area contributed by atoms with Crippen LogP contribution in [-0.2, 0) is 12.8 Å². The number of nitrogens with zero attached hydrogens (tertiary/aromatic N) is 2. The van der Waals surface area contributed by atoms with Crippen molar-refractivity contribution in [2.75, 3.05) is 27.2 Å². The molecule has 1 aliphatic rings. The van der Waals surface area contributed by atoms with Crippen LogP contribution in [0.4, 0.5) is 0 Å². The summed E-state index contributed by atoms with van der Waals surface area (Å²) in [6, 6.07) is 5.89. The number of rotatable bonds is 5. The van der Waals surface area contributed by atoms with E-state index in [2.05, 4.69) is 25.4 Å². The lowest BCUT2D eigenvalue weighted by Gasteiger charge is -2.11. The first kappa shape index (κ1) is 15.9. The molecule has 2 heterocycles. The van der Waals surface area contributed by atoms with E-state index >= 15 is 0 Å². The fourth-order valence-corrected chi connectivity index (χ4v) is 3.54. The van der Waals surface area contributed by atoms with Gasteiger partial charge in [-0.1, -0.05) is 0 Å². The molecule has 130 valence electrons. The summed E-state index contributed by atoms with van der Waals surface area (Å²) >= 11 is 0. The van der Waals surface area contributed by atoms with Gasteiger partial charge in [0.05, 0.1) is 17.6 Å². The Labute approximate surface area is 146 Å². The van der Waals surface area contributed by atoms with Crippen molar-refractivity contribution in [3.63, 3.8) is 0 Å². The molecule has 0 bridgehead atoms. The Kier molecular flexibility index (Phi) is 4.05. The quantitative estimate of drug-likeness (QED) is 0.626. The SMILES string of the molecule is CN(C)CCCNC(=O)c1ccc2[nH]c3c(c2c1)CCc1cn[nH]c1-3. The van der Waals surface area contributed by atoms with Crippen LogP contribution >= 0.6 is 0 Å². The van der Waals surface area contributed by atoms with Crippen LogP contribution in [0.25, 0.3) is 22.3 Å². The van der Waals surface area contributed by atoms with Crippen molar-refractivity contribution in [2.45, 2.75) is 19.3 Å². The summed E-state index contributed by atoms with van der Waals surface area (Å²) in [5, 5.41) is 11.4. The third-order valence-corrected chi connectivity index (χ3v) is 4.85. The fourth-order valence-electron chi connectivity index (χ4n) is 3.54. The number of carbonyl (C=O) groups is 1. The van der Waals surface area contributed by atoms with E-state index in [4.69, 9.17) is 0 Å². The van der Waals surface area contributed by atoms with Crippen LogP contribution < -0.4 is 5.32 Å². The molecule has 6 nitrogen and oxygen atoms in total. The van der Waals surface area contributed by atoms with Crippen LogP contribution in [0.2, 0.25) is 0 Å². The van der Waals surface area contributed by atoms with E-state index < -0.39 is 0 Å². The third-order valence-electron chi connectivity index (χ3n) is 4.85. The number of hydrogen-bond donors (Lipinski definition) is 3. The molecule has 0 spiro atoms. The highest BCUT2D eigenvalue weighted by Crippen LogP contribution is 2.36. The molecule has 2 aromatic heterocycles. The number of fused-ring (bicyclic) bond motifs is 5. The normalized spacial score (nSPS) is 13.1. The summed E-state index contributed by atoms with van der Waals surface area (Å²) in [5.41, 5.74) is 6.49. The van der Waals surface area contributed by atoms with Gasteiger partial charge in [0, 0.05) is 23.0 Å². The van der Waals surface area contributed by atoms with Crippen LogP contribution in [0.5, 0.6) is 0 Å². The minimum atomic E-state index is -0.00588.